The lowest BCUT2D eigenvalue weighted by Crippen LogP contribution is -2.46. The van der Waals surface area contributed by atoms with Gasteiger partial charge in [-0.15, -0.1) is 5.92 Å². The Morgan fingerprint density at radius 2 is 1.94 bits per heavy atom. The van der Waals surface area contributed by atoms with Gasteiger partial charge in [-0.05, 0) is 13.3 Å². The normalized spacial score (nSPS) is 10.6. The Morgan fingerprint density at radius 1 is 1.29 bits per heavy atom. The van der Waals surface area contributed by atoms with E-state index >= 15 is 0 Å². The molecule has 17 heavy (non-hydrogen) atoms. The highest BCUT2D eigenvalue weighted by molar-refractivity contribution is 5.83. The predicted molar refractivity (Wildman–Crippen MR) is 58.3 cm³/mol. The quantitative estimate of drug-likeness (QED) is 0.474. The SMILES string of the molecule is CC#CCNC(=O)NC(CCC(=O)O)C(=O)O. The standard InChI is InChI=1S/C10H14N2O5/c1-2-3-6-11-10(17)12-7(9(15)16)4-5-8(13)14/h7H,4-6H2,1H3,(H,13,14)(H,15,16)(H2,11,12,17). The minimum atomic E-state index is -1.28. The maximum Gasteiger partial charge on any atom is 0.326 e. The Bertz CT molecular complexity index is 355. The van der Waals surface area contributed by atoms with Gasteiger partial charge in [0, 0.05) is 6.42 Å². The molecule has 0 aliphatic heterocycles. The number of rotatable bonds is 6. The van der Waals surface area contributed by atoms with Crippen LogP contribution in [0.1, 0.15) is 19.8 Å². The van der Waals surface area contributed by atoms with Gasteiger partial charge in [-0.3, -0.25) is 4.79 Å². The molecule has 4 N–H and O–H groups in total. The molecule has 7 nitrogen and oxygen atoms in total. The van der Waals surface area contributed by atoms with E-state index in [9.17, 15) is 14.4 Å². The first-order valence-corrected chi connectivity index (χ1v) is 4.86. The Hall–Kier alpha value is -2.23. The number of carbonyl (C=O) groups is 3. The summed E-state index contributed by atoms with van der Waals surface area (Å²) in [7, 11) is 0. The molecule has 94 valence electrons. The zero-order valence-corrected chi connectivity index (χ0v) is 9.32. The van der Waals surface area contributed by atoms with Crippen LogP contribution in [0, 0.1) is 11.8 Å². The van der Waals surface area contributed by atoms with E-state index in [1.807, 2.05) is 0 Å². The zero-order chi connectivity index (χ0) is 13.3. The van der Waals surface area contributed by atoms with E-state index in [1.165, 1.54) is 0 Å². The van der Waals surface area contributed by atoms with Gasteiger partial charge in [0.1, 0.15) is 6.04 Å². The van der Waals surface area contributed by atoms with Crippen molar-refractivity contribution in [2.45, 2.75) is 25.8 Å². The van der Waals surface area contributed by atoms with Crippen LogP contribution < -0.4 is 10.6 Å². The highest BCUT2D eigenvalue weighted by Crippen LogP contribution is 1.97. The summed E-state index contributed by atoms with van der Waals surface area (Å²) in [6.07, 6.45) is -0.496. The van der Waals surface area contributed by atoms with Crippen LogP contribution in [0.4, 0.5) is 4.79 Å². The molecule has 0 fully saturated rings. The summed E-state index contributed by atoms with van der Waals surface area (Å²) in [5.74, 6) is 2.73. The van der Waals surface area contributed by atoms with Crippen LogP contribution in [0.15, 0.2) is 0 Å². The Labute approximate surface area is 98.2 Å². The largest absolute Gasteiger partial charge is 0.481 e. The molecule has 7 heteroatoms. The average Bonchev–Trinajstić information content (AvgIpc) is 2.23. The molecular formula is C10H14N2O5. The number of amides is 2. The van der Waals surface area contributed by atoms with E-state index in [-0.39, 0.29) is 19.4 Å². The van der Waals surface area contributed by atoms with Gasteiger partial charge in [0.05, 0.1) is 6.54 Å². The molecule has 0 spiro atoms. The van der Waals surface area contributed by atoms with Crippen molar-refractivity contribution in [3.8, 4) is 11.8 Å². The third-order valence-electron chi connectivity index (χ3n) is 1.76. The molecule has 0 saturated carbocycles. The Morgan fingerprint density at radius 3 is 2.41 bits per heavy atom. The van der Waals surface area contributed by atoms with Crippen molar-refractivity contribution >= 4 is 18.0 Å². The fourth-order valence-electron chi connectivity index (χ4n) is 0.947. The van der Waals surface area contributed by atoms with Gasteiger partial charge < -0.3 is 20.8 Å². The molecule has 0 radical (unpaired) electrons. The molecule has 0 bridgehead atoms. The Kier molecular flexibility index (Phi) is 6.94. The van der Waals surface area contributed by atoms with Crippen LogP contribution in [0.25, 0.3) is 0 Å². The topological polar surface area (TPSA) is 116 Å². The fourth-order valence-corrected chi connectivity index (χ4v) is 0.947. The first-order chi connectivity index (χ1) is 7.97. The predicted octanol–water partition coefficient (Wildman–Crippen LogP) is -0.373. The third kappa shape index (κ3) is 7.67. The van der Waals surface area contributed by atoms with E-state index in [1.54, 1.807) is 6.92 Å². The van der Waals surface area contributed by atoms with Gasteiger partial charge in [-0.1, -0.05) is 5.92 Å². The molecule has 0 aromatic rings. The van der Waals surface area contributed by atoms with Crippen LogP contribution >= 0.6 is 0 Å². The van der Waals surface area contributed by atoms with Crippen LogP contribution in [0.3, 0.4) is 0 Å². The van der Waals surface area contributed by atoms with Gasteiger partial charge in [-0.25, -0.2) is 9.59 Å². The van der Waals surface area contributed by atoms with Crippen molar-refractivity contribution in [1.82, 2.24) is 10.6 Å². The van der Waals surface area contributed by atoms with Crippen LogP contribution in [0.5, 0.6) is 0 Å². The monoisotopic (exact) mass is 242 g/mol. The van der Waals surface area contributed by atoms with Crippen molar-refractivity contribution in [2.75, 3.05) is 6.54 Å². The number of hydrogen-bond donors (Lipinski definition) is 4. The van der Waals surface area contributed by atoms with E-state index in [0.717, 1.165) is 0 Å². The molecule has 0 aliphatic carbocycles. The van der Waals surface area contributed by atoms with Crippen LogP contribution in [-0.4, -0.2) is 40.8 Å². The summed E-state index contributed by atoms with van der Waals surface area (Å²) in [6, 6.07) is -1.91. The van der Waals surface area contributed by atoms with E-state index < -0.39 is 24.0 Å². The highest BCUT2D eigenvalue weighted by Gasteiger charge is 2.20. The molecule has 1 atom stereocenters. The Balaban J connectivity index is 4.13. The number of carboxylic acid groups (broad SMARTS) is 2. The molecule has 0 rings (SSSR count). The molecule has 0 heterocycles. The third-order valence-corrected chi connectivity index (χ3v) is 1.76. The maximum atomic E-state index is 11.2. The van der Waals surface area contributed by atoms with Crippen molar-refractivity contribution < 1.29 is 24.6 Å². The number of aliphatic carboxylic acids is 2. The van der Waals surface area contributed by atoms with Gasteiger partial charge in [0.25, 0.3) is 0 Å². The molecule has 2 amide bonds. The molecule has 0 saturated heterocycles. The van der Waals surface area contributed by atoms with Crippen molar-refractivity contribution in [1.29, 1.82) is 0 Å². The first kappa shape index (κ1) is 14.8. The van der Waals surface area contributed by atoms with E-state index in [0.29, 0.717) is 0 Å². The second kappa shape index (κ2) is 7.98. The summed E-state index contributed by atoms with van der Waals surface area (Å²) < 4.78 is 0. The fraction of sp³-hybridized carbons (Fsp3) is 0.500. The highest BCUT2D eigenvalue weighted by atomic mass is 16.4. The molecule has 1 unspecified atom stereocenters. The molecular weight excluding hydrogens is 228 g/mol. The summed E-state index contributed by atoms with van der Waals surface area (Å²) in [5, 5.41) is 21.6. The minimum Gasteiger partial charge on any atom is -0.481 e. The maximum absolute atomic E-state index is 11.2. The summed E-state index contributed by atoms with van der Waals surface area (Å²) in [6.45, 7) is 1.71. The number of carboxylic acids is 2. The molecule has 0 aliphatic rings. The lowest BCUT2D eigenvalue weighted by Gasteiger charge is -2.13. The lowest BCUT2D eigenvalue weighted by atomic mass is 10.1. The lowest BCUT2D eigenvalue weighted by molar-refractivity contribution is -0.140. The molecule has 0 aromatic carbocycles. The van der Waals surface area contributed by atoms with Crippen molar-refractivity contribution in [3.05, 3.63) is 0 Å². The average molecular weight is 242 g/mol. The number of nitrogens with one attached hydrogen (secondary N) is 2. The summed E-state index contributed by atoms with van der Waals surface area (Å²) in [4.78, 5) is 32.2. The van der Waals surface area contributed by atoms with Crippen LogP contribution in [0.2, 0.25) is 0 Å². The van der Waals surface area contributed by atoms with E-state index in [4.69, 9.17) is 10.2 Å². The van der Waals surface area contributed by atoms with Gasteiger partial charge in [0.15, 0.2) is 0 Å². The summed E-state index contributed by atoms with van der Waals surface area (Å²) in [5.41, 5.74) is 0. The van der Waals surface area contributed by atoms with Gasteiger partial charge >= 0.3 is 18.0 Å². The van der Waals surface area contributed by atoms with E-state index in [2.05, 4.69) is 22.5 Å². The minimum absolute atomic E-state index is 0.105. The number of urea groups is 1. The molecule has 0 aromatic heterocycles. The van der Waals surface area contributed by atoms with Gasteiger partial charge in [0.2, 0.25) is 0 Å². The van der Waals surface area contributed by atoms with Crippen molar-refractivity contribution in [2.24, 2.45) is 0 Å². The summed E-state index contributed by atoms with van der Waals surface area (Å²) >= 11 is 0. The smallest absolute Gasteiger partial charge is 0.326 e. The second-order valence-corrected chi connectivity index (χ2v) is 3.08. The van der Waals surface area contributed by atoms with Gasteiger partial charge in [-0.2, -0.15) is 0 Å². The zero-order valence-electron chi connectivity index (χ0n) is 9.32. The van der Waals surface area contributed by atoms with Crippen LogP contribution in [-0.2, 0) is 9.59 Å². The first-order valence-electron chi connectivity index (χ1n) is 4.86. The number of hydrogen-bond acceptors (Lipinski definition) is 3. The number of carbonyl (C=O) groups excluding carboxylic acids is 1. The van der Waals surface area contributed by atoms with Crippen molar-refractivity contribution in [3.63, 3.8) is 0 Å². The second-order valence-electron chi connectivity index (χ2n) is 3.08.